The number of benzene rings is 2. The second-order valence-corrected chi connectivity index (χ2v) is 6.23. The number of carbonyl (C=O) groups excluding carboxylic acids is 1. The topological polar surface area (TPSA) is 45.2 Å². The van der Waals surface area contributed by atoms with Gasteiger partial charge < -0.3 is 10.2 Å². The summed E-state index contributed by atoms with van der Waals surface area (Å²) in [5.41, 5.74) is 1.74. The van der Waals surface area contributed by atoms with E-state index < -0.39 is 0 Å². The SMILES string of the molecule is Cc1nc(CN(C)C(=O)Nc2cccc3ccccc23)cs1. The third-order valence-electron chi connectivity index (χ3n) is 3.44. The van der Waals surface area contributed by atoms with E-state index in [0.717, 1.165) is 27.2 Å². The number of thiazole rings is 1. The van der Waals surface area contributed by atoms with Gasteiger partial charge in [-0.05, 0) is 18.4 Å². The minimum Gasteiger partial charge on any atom is -0.322 e. The van der Waals surface area contributed by atoms with Crippen molar-refractivity contribution < 1.29 is 4.79 Å². The van der Waals surface area contributed by atoms with Gasteiger partial charge in [-0.2, -0.15) is 0 Å². The van der Waals surface area contributed by atoms with E-state index in [1.54, 1.807) is 23.3 Å². The molecule has 0 spiro atoms. The maximum absolute atomic E-state index is 12.4. The Balaban J connectivity index is 1.75. The number of hydrogen-bond donors (Lipinski definition) is 1. The number of hydrogen-bond acceptors (Lipinski definition) is 3. The largest absolute Gasteiger partial charge is 0.322 e. The van der Waals surface area contributed by atoms with E-state index in [1.165, 1.54) is 0 Å². The molecule has 0 aliphatic rings. The van der Waals surface area contributed by atoms with Crippen molar-refractivity contribution in [2.45, 2.75) is 13.5 Å². The van der Waals surface area contributed by atoms with Crippen molar-refractivity contribution >= 4 is 33.8 Å². The van der Waals surface area contributed by atoms with Crippen LogP contribution in [0, 0.1) is 6.92 Å². The molecule has 2 amide bonds. The summed E-state index contributed by atoms with van der Waals surface area (Å²) in [6.07, 6.45) is 0. The zero-order valence-electron chi connectivity index (χ0n) is 12.5. The number of fused-ring (bicyclic) bond motifs is 1. The molecule has 1 N–H and O–H groups in total. The lowest BCUT2D eigenvalue weighted by Gasteiger charge is -2.17. The van der Waals surface area contributed by atoms with Crippen LogP contribution in [0.25, 0.3) is 10.8 Å². The standard InChI is InChI=1S/C17H17N3OS/c1-12-18-14(11-22-12)10-20(2)17(21)19-16-9-5-7-13-6-3-4-8-15(13)16/h3-9,11H,10H2,1-2H3,(H,19,21). The number of aryl methyl sites for hydroxylation is 1. The van der Waals surface area contributed by atoms with Crippen LogP contribution in [-0.2, 0) is 6.54 Å². The number of anilines is 1. The van der Waals surface area contributed by atoms with Crippen LogP contribution in [0.5, 0.6) is 0 Å². The average Bonchev–Trinajstić information content (AvgIpc) is 2.92. The van der Waals surface area contributed by atoms with E-state index in [4.69, 9.17) is 0 Å². The van der Waals surface area contributed by atoms with Crippen LogP contribution in [0.4, 0.5) is 10.5 Å². The molecule has 112 valence electrons. The third kappa shape index (κ3) is 3.09. The van der Waals surface area contributed by atoms with Crippen molar-refractivity contribution in [2.24, 2.45) is 0 Å². The van der Waals surface area contributed by atoms with Crippen LogP contribution in [0.1, 0.15) is 10.7 Å². The van der Waals surface area contributed by atoms with Crippen LogP contribution in [0.3, 0.4) is 0 Å². The van der Waals surface area contributed by atoms with E-state index >= 15 is 0 Å². The highest BCUT2D eigenvalue weighted by Gasteiger charge is 2.12. The van der Waals surface area contributed by atoms with Gasteiger partial charge in [0.05, 0.1) is 22.9 Å². The first kappa shape index (κ1) is 14.5. The molecular formula is C17H17N3OS. The van der Waals surface area contributed by atoms with Crippen LogP contribution in [0.2, 0.25) is 0 Å². The molecular weight excluding hydrogens is 294 g/mol. The van der Waals surface area contributed by atoms with E-state index in [-0.39, 0.29) is 6.03 Å². The fraction of sp³-hybridized carbons (Fsp3) is 0.176. The zero-order valence-corrected chi connectivity index (χ0v) is 13.4. The Morgan fingerprint density at radius 2 is 2.00 bits per heavy atom. The Kier molecular flexibility index (Phi) is 4.06. The number of nitrogens with one attached hydrogen (secondary N) is 1. The van der Waals surface area contributed by atoms with Crippen molar-refractivity contribution in [3.8, 4) is 0 Å². The van der Waals surface area contributed by atoms with Gasteiger partial charge in [-0.3, -0.25) is 0 Å². The fourth-order valence-corrected chi connectivity index (χ4v) is 2.94. The van der Waals surface area contributed by atoms with Crippen molar-refractivity contribution in [1.29, 1.82) is 0 Å². The quantitative estimate of drug-likeness (QED) is 0.785. The summed E-state index contributed by atoms with van der Waals surface area (Å²) in [5, 5.41) is 8.12. The number of amides is 2. The first-order valence-electron chi connectivity index (χ1n) is 7.04. The lowest BCUT2D eigenvalue weighted by Crippen LogP contribution is -2.31. The molecule has 0 fully saturated rings. The van der Waals surface area contributed by atoms with Gasteiger partial charge in [0.2, 0.25) is 0 Å². The highest BCUT2D eigenvalue weighted by Crippen LogP contribution is 2.23. The summed E-state index contributed by atoms with van der Waals surface area (Å²) < 4.78 is 0. The number of carbonyl (C=O) groups is 1. The summed E-state index contributed by atoms with van der Waals surface area (Å²) >= 11 is 1.59. The Labute approximate surface area is 133 Å². The monoisotopic (exact) mass is 311 g/mol. The molecule has 0 unspecified atom stereocenters. The Morgan fingerprint density at radius 1 is 1.23 bits per heavy atom. The summed E-state index contributed by atoms with van der Waals surface area (Å²) in [7, 11) is 1.77. The highest BCUT2D eigenvalue weighted by atomic mass is 32.1. The molecule has 22 heavy (non-hydrogen) atoms. The molecule has 0 aliphatic heterocycles. The molecule has 0 atom stereocenters. The number of aromatic nitrogens is 1. The Bertz CT molecular complexity index is 807. The summed E-state index contributed by atoms with van der Waals surface area (Å²) in [6.45, 7) is 2.46. The van der Waals surface area contributed by atoms with E-state index in [2.05, 4.69) is 10.3 Å². The van der Waals surface area contributed by atoms with Gasteiger partial charge in [0.25, 0.3) is 0 Å². The number of urea groups is 1. The average molecular weight is 311 g/mol. The summed E-state index contributed by atoms with van der Waals surface area (Å²) in [6, 6.07) is 13.8. The second-order valence-electron chi connectivity index (χ2n) is 5.17. The van der Waals surface area contributed by atoms with Crippen LogP contribution in [-0.4, -0.2) is 23.0 Å². The van der Waals surface area contributed by atoms with Crippen LogP contribution < -0.4 is 5.32 Å². The lowest BCUT2D eigenvalue weighted by atomic mass is 10.1. The maximum atomic E-state index is 12.4. The molecule has 3 rings (SSSR count). The summed E-state index contributed by atoms with van der Waals surface area (Å²) in [4.78, 5) is 18.4. The zero-order chi connectivity index (χ0) is 15.5. The predicted octanol–water partition coefficient (Wildman–Crippen LogP) is 4.27. The van der Waals surface area contributed by atoms with Crippen molar-refractivity contribution in [3.63, 3.8) is 0 Å². The molecule has 0 bridgehead atoms. The van der Waals surface area contributed by atoms with E-state index in [1.807, 2.05) is 54.8 Å². The van der Waals surface area contributed by atoms with Gasteiger partial charge in [-0.25, -0.2) is 9.78 Å². The van der Waals surface area contributed by atoms with Crippen LogP contribution >= 0.6 is 11.3 Å². The van der Waals surface area contributed by atoms with Crippen molar-refractivity contribution in [3.05, 3.63) is 58.5 Å². The molecule has 0 saturated heterocycles. The van der Waals surface area contributed by atoms with Gasteiger partial charge in [0.15, 0.2) is 0 Å². The maximum Gasteiger partial charge on any atom is 0.321 e. The molecule has 2 aromatic carbocycles. The van der Waals surface area contributed by atoms with Crippen LogP contribution in [0.15, 0.2) is 47.8 Å². The minimum absolute atomic E-state index is 0.137. The molecule has 0 saturated carbocycles. The number of nitrogens with zero attached hydrogens (tertiary/aromatic N) is 2. The van der Waals surface area contributed by atoms with Crippen molar-refractivity contribution in [1.82, 2.24) is 9.88 Å². The third-order valence-corrected chi connectivity index (χ3v) is 4.27. The van der Waals surface area contributed by atoms with Gasteiger partial charge in [-0.1, -0.05) is 36.4 Å². The van der Waals surface area contributed by atoms with E-state index in [9.17, 15) is 4.79 Å². The lowest BCUT2D eigenvalue weighted by molar-refractivity contribution is 0.220. The summed E-state index contributed by atoms with van der Waals surface area (Å²) in [5.74, 6) is 0. The molecule has 3 aromatic rings. The Hall–Kier alpha value is -2.40. The normalized spacial score (nSPS) is 10.6. The first-order valence-corrected chi connectivity index (χ1v) is 7.92. The molecule has 1 aromatic heterocycles. The first-order chi connectivity index (χ1) is 10.6. The molecule has 0 radical (unpaired) electrons. The van der Waals surface area contributed by atoms with Crippen molar-refractivity contribution in [2.75, 3.05) is 12.4 Å². The second kappa shape index (κ2) is 6.15. The van der Waals surface area contributed by atoms with Gasteiger partial charge >= 0.3 is 6.03 Å². The minimum atomic E-state index is -0.137. The predicted molar refractivity (Wildman–Crippen MR) is 91.3 cm³/mol. The molecule has 4 nitrogen and oxygen atoms in total. The van der Waals surface area contributed by atoms with E-state index in [0.29, 0.717) is 6.54 Å². The smallest absolute Gasteiger partial charge is 0.321 e. The van der Waals surface area contributed by atoms with Gasteiger partial charge in [-0.15, -0.1) is 11.3 Å². The molecule has 5 heteroatoms. The number of rotatable bonds is 3. The fourth-order valence-electron chi connectivity index (χ4n) is 2.34. The van der Waals surface area contributed by atoms with Gasteiger partial charge in [0, 0.05) is 17.8 Å². The molecule has 1 heterocycles. The molecule has 0 aliphatic carbocycles. The highest BCUT2D eigenvalue weighted by molar-refractivity contribution is 7.09. The van der Waals surface area contributed by atoms with Gasteiger partial charge in [0.1, 0.15) is 0 Å². The Morgan fingerprint density at radius 3 is 2.77 bits per heavy atom.